The van der Waals surface area contributed by atoms with E-state index in [1.807, 2.05) is 45.9 Å². The van der Waals surface area contributed by atoms with E-state index in [9.17, 15) is 5.11 Å². The van der Waals surface area contributed by atoms with Crippen molar-refractivity contribution in [3.63, 3.8) is 0 Å². The largest absolute Gasteiger partial charge is 0.507 e. The van der Waals surface area contributed by atoms with E-state index in [0.29, 0.717) is 5.75 Å². The van der Waals surface area contributed by atoms with E-state index in [2.05, 4.69) is 213 Å². The summed E-state index contributed by atoms with van der Waals surface area (Å²) in [6.45, 7) is 12.4. The second kappa shape index (κ2) is 19.8. The molecule has 2 nitrogen and oxygen atoms in total. The van der Waals surface area contributed by atoms with Gasteiger partial charge in [-0.1, -0.05) is 224 Å². The van der Waals surface area contributed by atoms with Crippen molar-refractivity contribution in [1.29, 1.82) is 0 Å². The first kappa shape index (κ1) is 45.6. The first-order valence-electron chi connectivity index (χ1n) is 25.2. The van der Waals surface area contributed by atoms with Crippen LogP contribution in [0, 0.1) is 0 Å². The highest BCUT2D eigenvalue weighted by Crippen LogP contribution is 2.44. The quantitative estimate of drug-likeness (QED) is 0.139. The lowest BCUT2D eigenvalue weighted by Crippen LogP contribution is -1.95. The maximum Gasteiger partial charge on any atom is 0.123 e. The van der Waals surface area contributed by atoms with E-state index in [1.54, 1.807) is 6.07 Å². The average molecular weight is 906 g/mol. The predicted octanol–water partition coefficient (Wildman–Crippen LogP) is 19.7. The number of phenols is 1. The van der Waals surface area contributed by atoms with Crippen LogP contribution in [0.15, 0.2) is 218 Å². The molecular formula is C68H59NO. The van der Waals surface area contributed by atoms with Crippen molar-refractivity contribution in [2.45, 2.75) is 54.4 Å². The van der Waals surface area contributed by atoms with Crippen LogP contribution in [-0.4, -0.2) is 9.67 Å². The summed E-state index contributed by atoms with van der Waals surface area (Å²) in [6.07, 6.45) is 2.29. The normalized spacial score (nSPS) is 11.2. The van der Waals surface area contributed by atoms with Gasteiger partial charge < -0.3 is 9.67 Å². The van der Waals surface area contributed by atoms with Gasteiger partial charge in [-0.05, 0) is 130 Å². The third-order valence-corrected chi connectivity index (χ3v) is 13.9. The SMILES string of the molecule is CC.CC.CCc1ccc(CC)cc1.Oc1ccc2c3cccc4cccc(c5cccc1c52)c43.c1ccc2cc3c(-n4c5ccc6ccccc6c5c5c6ccccc6ccc54)cccc3cc2c1. The van der Waals surface area contributed by atoms with E-state index in [1.165, 1.54) is 114 Å². The number of aromatic nitrogens is 1. The number of nitrogens with zero attached hydrogens (tertiary/aromatic N) is 1. The molecule has 0 aliphatic rings. The van der Waals surface area contributed by atoms with Crippen molar-refractivity contribution in [3.05, 3.63) is 230 Å². The van der Waals surface area contributed by atoms with Gasteiger partial charge in [0.25, 0.3) is 0 Å². The molecule has 2 heteroatoms. The van der Waals surface area contributed by atoms with Crippen LogP contribution in [-0.2, 0) is 12.8 Å². The van der Waals surface area contributed by atoms with Crippen LogP contribution in [0.1, 0.15) is 52.7 Å². The number of phenolic OH excluding ortho intramolecular Hbond substituents is 1. The fraction of sp³-hybridized carbons (Fsp3) is 0.118. The Morgan fingerprint density at radius 3 is 1.27 bits per heavy atom. The number of aromatic hydroxyl groups is 1. The fourth-order valence-corrected chi connectivity index (χ4v) is 10.6. The van der Waals surface area contributed by atoms with Crippen LogP contribution in [0.5, 0.6) is 5.75 Å². The molecule has 342 valence electrons. The summed E-state index contributed by atoms with van der Waals surface area (Å²) in [5.74, 6) is 0.349. The molecule has 1 N–H and O–H groups in total. The van der Waals surface area contributed by atoms with E-state index in [0.717, 1.165) is 23.6 Å². The molecule has 0 saturated heterocycles. The van der Waals surface area contributed by atoms with Crippen molar-refractivity contribution in [3.8, 4) is 11.4 Å². The lowest BCUT2D eigenvalue weighted by atomic mass is 9.90. The highest BCUT2D eigenvalue weighted by molar-refractivity contribution is 6.33. The zero-order chi connectivity index (χ0) is 48.3. The van der Waals surface area contributed by atoms with Gasteiger partial charge in [-0.2, -0.15) is 0 Å². The third kappa shape index (κ3) is 7.90. The van der Waals surface area contributed by atoms with Crippen molar-refractivity contribution in [2.75, 3.05) is 0 Å². The van der Waals surface area contributed by atoms with Crippen molar-refractivity contribution in [2.24, 2.45) is 0 Å². The van der Waals surface area contributed by atoms with Crippen LogP contribution in [0.4, 0.5) is 0 Å². The molecule has 0 amide bonds. The molecule has 0 bridgehead atoms. The fourth-order valence-electron chi connectivity index (χ4n) is 10.6. The molecule has 14 rings (SSSR count). The summed E-state index contributed by atoms with van der Waals surface area (Å²) in [4.78, 5) is 0. The van der Waals surface area contributed by atoms with Crippen molar-refractivity contribution >= 4 is 108 Å². The maximum absolute atomic E-state index is 10.2. The molecule has 1 heterocycles. The molecule has 0 unspecified atom stereocenters. The minimum atomic E-state index is 0.349. The van der Waals surface area contributed by atoms with Crippen molar-refractivity contribution in [1.82, 2.24) is 4.57 Å². The van der Waals surface area contributed by atoms with Crippen LogP contribution >= 0.6 is 0 Å². The zero-order valence-electron chi connectivity index (χ0n) is 41.1. The second-order valence-electron chi connectivity index (χ2n) is 17.5. The van der Waals surface area contributed by atoms with Gasteiger partial charge in [0.15, 0.2) is 0 Å². The Hall–Kier alpha value is -8.20. The summed E-state index contributed by atoms with van der Waals surface area (Å²) in [5, 5.41) is 32.7. The Labute approximate surface area is 411 Å². The predicted molar refractivity (Wildman–Crippen MR) is 308 cm³/mol. The highest BCUT2D eigenvalue weighted by Gasteiger charge is 2.19. The van der Waals surface area contributed by atoms with Gasteiger partial charge in [0.1, 0.15) is 5.75 Å². The van der Waals surface area contributed by atoms with E-state index >= 15 is 0 Å². The standard InChI is InChI=1S/C34H21N.C20H12O.C10H14.2C2H6/c1-2-11-25-21-29-26(20-24(25)10-1)12-7-15-30(29)35-31-18-16-22-8-3-5-13-27(22)33(31)34-28-14-6-4-9-23(28)17-19-32(34)35;21-18-11-10-16-14-7-2-5-12-4-1-6-13(19(12)14)15-8-3-9-17(18)20(15)16;1-3-9-5-7-10(4-2)8-6-9;2*1-2/h1-21H;1-11,21H;5-8H,3-4H2,1-2H3;2*1-2H3. The summed E-state index contributed by atoms with van der Waals surface area (Å²) >= 11 is 0. The minimum Gasteiger partial charge on any atom is -0.507 e. The van der Waals surface area contributed by atoms with E-state index in [4.69, 9.17) is 0 Å². The Bertz CT molecular complexity index is 3970. The van der Waals surface area contributed by atoms with E-state index < -0.39 is 0 Å². The molecule has 0 saturated carbocycles. The number of hydrogen-bond donors (Lipinski definition) is 1. The molecule has 0 radical (unpaired) electrons. The van der Waals surface area contributed by atoms with Crippen LogP contribution in [0.2, 0.25) is 0 Å². The minimum absolute atomic E-state index is 0.349. The van der Waals surface area contributed by atoms with E-state index in [-0.39, 0.29) is 0 Å². The number of fused-ring (bicyclic) bond motifs is 11. The van der Waals surface area contributed by atoms with Gasteiger partial charge in [0.2, 0.25) is 0 Å². The molecule has 0 aliphatic carbocycles. The first-order valence-corrected chi connectivity index (χ1v) is 25.2. The summed E-state index contributed by atoms with van der Waals surface area (Å²) in [7, 11) is 0. The van der Waals surface area contributed by atoms with Gasteiger partial charge >= 0.3 is 0 Å². The summed E-state index contributed by atoms with van der Waals surface area (Å²) in [6, 6.07) is 78.3. The molecule has 70 heavy (non-hydrogen) atoms. The molecule has 1 aromatic heterocycles. The Morgan fingerprint density at radius 2 is 0.714 bits per heavy atom. The topological polar surface area (TPSA) is 25.2 Å². The molecule has 0 aliphatic heterocycles. The first-order chi connectivity index (χ1) is 34.6. The molecule has 13 aromatic carbocycles. The Morgan fingerprint density at radius 1 is 0.300 bits per heavy atom. The molecule has 0 fully saturated rings. The van der Waals surface area contributed by atoms with Crippen molar-refractivity contribution < 1.29 is 5.11 Å². The molecule has 0 atom stereocenters. The second-order valence-corrected chi connectivity index (χ2v) is 17.5. The van der Waals surface area contributed by atoms with Gasteiger partial charge in [-0.25, -0.2) is 0 Å². The van der Waals surface area contributed by atoms with Gasteiger partial charge in [-0.3, -0.25) is 0 Å². The third-order valence-electron chi connectivity index (χ3n) is 13.9. The van der Waals surface area contributed by atoms with Crippen LogP contribution in [0.25, 0.3) is 114 Å². The molecule has 14 aromatic rings. The Balaban J connectivity index is 0.000000137. The maximum atomic E-state index is 10.2. The number of hydrogen-bond acceptors (Lipinski definition) is 1. The van der Waals surface area contributed by atoms with Gasteiger partial charge in [0, 0.05) is 26.9 Å². The summed E-state index contributed by atoms with van der Waals surface area (Å²) < 4.78 is 2.47. The van der Waals surface area contributed by atoms with Crippen LogP contribution in [0.3, 0.4) is 0 Å². The lowest BCUT2D eigenvalue weighted by molar-refractivity contribution is 0.482. The Kier molecular flexibility index (Phi) is 12.9. The zero-order valence-corrected chi connectivity index (χ0v) is 41.1. The summed E-state index contributed by atoms with van der Waals surface area (Å²) in [5.41, 5.74) is 6.57. The van der Waals surface area contributed by atoms with Gasteiger partial charge in [-0.15, -0.1) is 0 Å². The smallest absolute Gasteiger partial charge is 0.123 e. The monoisotopic (exact) mass is 905 g/mol. The molecule has 0 spiro atoms. The number of benzene rings is 13. The average Bonchev–Trinajstić information content (AvgIpc) is 3.79. The number of aryl methyl sites for hydroxylation is 2. The number of rotatable bonds is 3. The lowest BCUT2D eigenvalue weighted by Gasteiger charge is -2.14. The highest BCUT2D eigenvalue weighted by atomic mass is 16.3. The van der Waals surface area contributed by atoms with Gasteiger partial charge in [0.05, 0.1) is 16.7 Å². The van der Waals surface area contributed by atoms with Crippen LogP contribution < -0.4 is 0 Å². The molecular weight excluding hydrogens is 847 g/mol.